The Morgan fingerprint density at radius 3 is 2.20 bits per heavy atom. The van der Waals surface area contributed by atoms with Crippen LogP contribution in [0.2, 0.25) is 5.02 Å². The van der Waals surface area contributed by atoms with Gasteiger partial charge in [-0.1, -0.05) is 48.0 Å². The second-order valence-electron chi connectivity index (χ2n) is 4.85. The summed E-state index contributed by atoms with van der Waals surface area (Å²) in [6.45, 7) is 0. The van der Waals surface area contributed by atoms with E-state index in [1.807, 2.05) is 18.2 Å². The highest BCUT2D eigenvalue weighted by molar-refractivity contribution is 6.31. The van der Waals surface area contributed by atoms with E-state index in [4.69, 9.17) is 11.6 Å². The van der Waals surface area contributed by atoms with E-state index in [-0.39, 0.29) is 0 Å². The van der Waals surface area contributed by atoms with Gasteiger partial charge in [-0.15, -0.1) is 0 Å². The maximum absolute atomic E-state index is 6.17. The van der Waals surface area contributed by atoms with E-state index in [9.17, 15) is 0 Å². The molecule has 0 saturated heterocycles. The molecule has 0 saturated carbocycles. The summed E-state index contributed by atoms with van der Waals surface area (Å²) in [5, 5.41) is 3.19. The monoisotopic (exact) mass is 277 g/mol. The predicted octanol–water partition coefficient (Wildman–Crippen LogP) is 5.44. The van der Waals surface area contributed by atoms with Gasteiger partial charge in [-0.2, -0.15) is 0 Å². The number of hydrogen-bond acceptors (Lipinski definition) is 0. The van der Waals surface area contributed by atoms with Crippen LogP contribution in [0.15, 0.2) is 72.8 Å². The van der Waals surface area contributed by atoms with Gasteiger partial charge in [-0.25, -0.2) is 0 Å². The smallest absolute Gasteiger partial charge is 0.0542 e. The number of hydrogen-bond donors (Lipinski definition) is 0. The zero-order valence-electron chi connectivity index (χ0n) is 10.8. The van der Waals surface area contributed by atoms with Crippen LogP contribution >= 0.6 is 11.6 Å². The molecule has 1 aromatic heterocycles. The van der Waals surface area contributed by atoms with E-state index in [0.717, 1.165) is 5.02 Å². The van der Waals surface area contributed by atoms with Gasteiger partial charge in [0.2, 0.25) is 0 Å². The minimum Gasteiger partial charge on any atom is -0.309 e. The second kappa shape index (κ2) is 4.39. The van der Waals surface area contributed by atoms with Crippen LogP contribution in [0.5, 0.6) is 0 Å². The molecule has 20 heavy (non-hydrogen) atoms. The van der Waals surface area contributed by atoms with Crippen molar-refractivity contribution in [3.63, 3.8) is 0 Å². The molecule has 96 valence electrons. The third-order valence-corrected chi connectivity index (χ3v) is 3.88. The zero-order chi connectivity index (χ0) is 13.5. The molecule has 0 aliphatic carbocycles. The van der Waals surface area contributed by atoms with Crippen LogP contribution < -0.4 is 0 Å². The fraction of sp³-hybridized carbons (Fsp3) is 0. The maximum Gasteiger partial charge on any atom is 0.0542 e. The molecule has 0 N–H and O–H groups in total. The lowest BCUT2D eigenvalue weighted by atomic mass is 10.2. The van der Waals surface area contributed by atoms with Crippen LogP contribution in [0.4, 0.5) is 0 Å². The Morgan fingerprint density at radius 1 is 0.650 bits per heavy atom. The van der Waals surface area contributed by atoms with Gasteiger partial charge in [0.15, 0.2) is 0 Å². The Bertz CT molecular complexity index is 907. The van der Waals surface area contributed by atoms with E-state index in [1.165, 1.54) is 27.5 Å². The number of para-hydroxylation sites is 2. The van der Waals surface area contributed by atoms with E-state index < -0.39 is 0 Å². The molecule has 0 radical (unpaired) electrons. The lowest BCUT2D eigenvalue weighted by Crippen LogP contribution is -1.92. The molecule has 2 heteroatoms. The summed E-state index contributed by atoms with van der Waals surface area (Å²) in [6, 6.07) is 24.9. The zero-order valence-corrected chi connectivity index (χ0v) is 11.5. The predicted molar refractivity (Wildman–Crippen MR) is 85.8 cm³/mol. The van der Waals surface area contributed by atoms with Crippen molar-refractivity contribution in [2.45, 2.75) is 0 Å². The van der Waals surface area contributed by atoms with Crippen LogP contribution in [0.3, 0.4) is 0 Å². The average Bonchev–Trinajstić information content (AvgIpc) is 2.82. The summed E-state index contributed by atoms with van der Waals surface area (Å²) in [5.41, 5.74) is 3.55. The highest BCUT2D eigenvalue weighted by Crippen LogP contribution is 2.33. The quantitative estimate of drug-likeness (QED) is 0.437. The topological polar surface area (TPSA) is 4.93 Å². The Hall–Kier alpha value is -2.25. The summed E-state index contributed by atoms with van der Waals surface area (Å²) < 4.78 is 2.28. The third-order valence-electron chi connectivity index (χ3n) is 3.65. The Morgan fingerprint density at radius 2 is 1.35 bits per heavy atom. The van der Waals surface area contributed by atoms with Crippen molar-refractivity contribution in [2.24, 2.45) is 0 Å². The number of halogens is 1. The average molecular weight is 278 g/mol. The van der Waals surface area contributed by atoms with Crippen molar-refractivity contribution in [1.29, 1.82) is 0 Å². The number of rotatable bonds is 1. The molecule has 4 rings (SSSR count). The van der Waals surface area contributed by atoms with Gasteiger partial charge in [0.25, 0.3) is 0 Å². The number of benzene rings is 3. The largest absolute Gasteiger partial charge is 0.309 e. The van der Waals surface area contributed by atoms with E-state index >= 15 is 0 Å². The van der Waals surface area contributed by atoms with Crippen molar-refractivity contribution in [2.75, 3.05) is 0 Å². The number of aromatic nitrogens is 1. The summed E-state index contributed by atoms with van der Waals surface area (Å²) in [5.74, 6) is 0. The molecule has 0 unspecified atom stereocenters. The van der Waals surface area contributed by atoms with Crippen molar-refractivity contribution in [3.8, 4) is 5.69 Å². The van der Waals surface area contributed by atoms with Crippen LogP contribution in [0, 0.1) is 0 Å². The molecule has 1 nitrogen and oxygen atoms in total. The summed E-state index contributed by atoms with van der Waals surface area (Å²) in [7, 11) is 0. The molecular formula is C18H12ClN. The van der Waals surface area contributed by atoms with Gasteiger partial charge in [0.1, 0.15) is 0 Å². The highest BCUT2D eigenvalue weighted by atomic mass is 35.5. The van der Waals surface area contributed by atoms with Crippen LogP contribution in [-0.4, -0.2) is 4.57 Å². The SMILES string of the molecule is Clc1ccc2c(c1)c1ccccc1n2-c1ccccc1. The van der Waals surface area contributed by atoms with Crippen LogP contribution in [0.25, 0.3) is 27.5 Å². The van der Waals surface area contributed by atoms with Gasteiger partial charge in [0, 0.05) is 21.5 Å². The normalized spacial score (nSPS) is 11.2. The maximum atomic E-state index is 6.17. The Kier molecular flexibility index (Phi) is 2.54. The summed E-state index contributed by atoms with van der Waals surface area (Å²) in [4.78, 5) is 0. The standard InChI is InChI=1S/C18H12ClN/c19-13-10-11-18-16(12-13)15-8-4-5-9-17(15)20(18)14-6-2-1-3-7-14/h1-12H. The van der Waals surface area contributed by atoms with Gasteiger partial charge >= 0.3 is 0 Å². The molecule has 0 amide bonds. The first-order valence-corrected chi connectivity index (χ1v) is 6.96. The number of fused-ring (bicyclic) bond motifs is 3. The lowest BCUT2D eigenvalue weighted by molar-refractivity contribution is 1.18. The fourth-order valence-corrected chi connectivity index (χ4v) is 2.97. The molecule has 0 aliphatic heterocycles. The highest BCUT2D eigenvalue weighted by Gasteiger charge is 2.11. The van der Waals surface area contributed by atoms with Gasteiger partial charge in [-0.3, -0.25) is 0 Å². The molecule has 0 bridgehead atoms. The molecule has 0 fully saturated rings. The second-order valence-corrected chi connectivity index (χ2v) is 5.29. The minimum atomic E-state index is 0.772. The molecular weight excluding hydrogens is 266 g/mol. The molecule has 0 atom stereocenters. The van der Waals surface area contributed by atoms with E-state index in [1.54, 1.807) is 0 Å². The van der Waals surface area contributed by atoms with Crippen LogP contribution in [0.1, 0.15) is 0 Å². The van der Waals surface area contributed by atoms with Crippen molar-refractivity contribution in [3.05, 3.63) is 77.8 Å². The van der Waals surface area contributed by atoms with Crippen molar-refractivity contribution in [1.82, 2.24) is 4.57 Å². The lowest BCUT2D eigenvalue weighted by Gasteiger charge is -2.07. The van der Waals surface area contributed by atoms with Crippen LogP contribution in [-0.2, 0) is 0 Å². The van der Waals surface area contributed by atoms with Crippen molar-refractivity contribution < 1.29 is 0 Å². The first kappa shape index (κ1) is 11.6. The van der Waals surface area contributed by atoms with E-state index in [2.05, 4.69) is 59.2 Å². The fourth-order valence-electron chi connectivity index (χ4n) is 2.80. The minimum absolute atomic E-state index is 0.772. The first-order chi connectivity index (χ1) is 9.84. The molecule has 1 heterocycles. The Balaban J connectivity index is 2.22. The molecule has 0 spiro atoms. The number of nitrogens with zero attached hydrogens (tertiary/aromatic N) is 1. The Labute approximate surface area is 122 Å². The summed E-state index contributed by atoms with van der Waals surface area (Å²) in [6.07, 6.45) is 0. The molecule has 0 aliphatic rings. The van der Waals surface area contributed by atoms with Gasteiger partial charge in [-0.05, 0) is 36.4 Å². The molecule has 3 aromatic carbocycles. The van der Waals surface area contributed by atoms with Crippen molar-refractivity contribution >= 4 is 33.4 Å². The van der Waals surface area contributed by atoms with Gasteiger partial charge in [0.05, 0.1) is 11.0 Å². The van der Waals surface area contributed by atoms with E-state index in [0.29, 0.717) is 0 Å². The van der Waals surface area contributed by atoms with Gasteiger partial charge < -0.3 is 4.57 Å². The first-order valence-electron chi connectivity index (χ1n) is 6.59. The summed E-state index contributed by atoms with van der Waals surface area (Å²) >= 11 is 6.17. The third kappa shape index (κ3) is 1.64. The molecule has 4 aromatic rings.